The van der Waals surface area contributed by atoms with Crippen molar-refractivity contribution >= 4 is 27.0 Å². The highest BCUT2D eigenvalue weighted by Crippen LogP contribution is 2.27. The number of para-hydroxylation sites is 2. The van der Waals surface area contributed by atoms with Crippen molar-refractivity contribution in [3.63, 3.8) is 0 Å². The van der Waals surface area contributed by atoms with Gasteiger partial charge in [-0.15, -0.1) is 0 Å². The zero-order valence-electron chi connectivity index (χ0n) is 11.9. The van der Waals surface area contributed by atoms with Gasteiger partial charge in [-0.05, 0) is 34.6 Å². The van der Waals surface area contributed by atoms with Crippen molar-refractivity contribution in [1.82, 2.24) is 25.1 Å². The Morgan fingerprint density at radius 3 is 2.67 bits per heavy atom. The molecule has 0 fully saturated rings. The summed E-state index contributed by atoms with van der Waals surface area (Å²) in [6.07, 6.45) is 3.63. The smallest absolute Gasteiger partial charge is 0.0949 e. The summed E-state index contributed by atoms with van der Waals surface area (Å²) >= 11 is 3.56. The predicted molar refractivity (Wildman–Crippen MR) is 86.0 cm³/mol. The molecule has 21 heavy (non-hydrogen) atoms. The van der Waals surface area contributed by atoms with Crippen LogP contribution < -0.4 is 5.32 Å². The van der Waals surface area contributed by atoms with Gasteiger partial charge in [0.2, 0.25) is 0 Å². The number of aryl methyl sites for hydroxylation is 1. The molecule has 0 saturated heterocycles. The molecule has 1 N–H and O–H groups in total. The van der Waals surface area contributed by atoms with Crippen LogP contribution in [0.5, 0.6) is 0 Å². The topological polar surface area (TPSA) is 55.6 Å². The summed E-state index contributed by atoms with van der Waals surface area (Å²) in [5.41, 5.74) is 3.73. The Balaban J connectivity index is 2.11. The highest BCUT2D eigenvalue weighted by Gasteiger charge is 2.21. The molecule has 1 aromatic carbocycles. The van der Waals surface area contributed by atoms with Crippen LogP contribution in [0.1, 0.15) is 24.4 Å². The van der Waals surface area contributed by atoms with Gasteiger partial charge in [0.1, 0.15) is 0 Å². The normalized spacial score (nSPS) is 12.7. The molecule has 2 heterocycles. The van der Waals surface area contributed by atoms with E-state index >= 15 is 0 Å². The Hall–Kier alpha value is -1.79. The van der Waals surface area contributed by atoms with E-state index in [1.165, 1.54) is 0 Å². The number of nitrogens with one attached hydrogen (secondary N) is 1. The molecule has 3 rings (SSSR count). The lowest BCUT2D eigenvalue weighted by atomic mass is 10.1. The van der Waals surface area contributed by atoms with Crippen molar-refractivity contribution in [3.05, 3.63) is 52.5 Å². The molecule has 0 aliphatic carbocycles. The molecule has 1 unspecified atom stereocenters. The second kappa shape index (κ2) is 5.91. The molecule has 5 nitrogen and oxygen atoms in total. The molecule has 1 atom stereocenters. The number of hydrogen-bond acceptors (Lipinski definition) is 4. The second-order valence-corrected chi connectivity index (χ2v) is 5.63. The van der Waals surface area contributed by atoms with Crippen LogP contribution in [0.25, 0.3) is 11.0 Å². The number of nitrogens with zero attached hydrogens (tertiary/aromatic N) is 4. The van der Waals surface area contributed by atoms with E-state index in [1.807, 2.05) is 42.2 Å². The lowest BCUT2D eigenvalue weighted by Crippen LogP contribution is -2.25. The van der Waals surface area contributed by atoms with Crippen LogP contribution in [0.3, 0.4) is 0 Å². The minimum absolute atomic E-state index is 0.0472. The summed E-state index contributed by atoms with van der Waals surface area (Å²) in [5.74, 6) is 0. The van der Waals surface area contributed by atoms with E-state index in [0.29, 0.717) is 0 Å². The van der Waals surface area contributed by atoms with E-state index in [-0.39, 0.29) is 6.04 Å². The van der Waals surface area contributed by atoms with Crippen LogP contribution in [0.2, 0.25) is 0 Å². The number of aromatic nitrogens is 4. The maximum Gasteiger partial charge on any atom is 0.0949 e. The highest BCUT2D eigenvalue weighted by molar-refractivity contribution is 9.10. The van der Waals surface area contributed by atoms with E-state index < -0.39 is 0 Å². The molecule has 0 aliphatic rings. The first-order valence-corrected chi connectivity index (χ1v) is 7.62. The maximum atomic E-state index is 4.75. The molecule has 0 radical (unpaired) electrons. The Kier molecular flexibility index (Phi) is 3.98. The quantitative estimate of drug-likeness (QED) is 0.789. The van der Waals surface area contributed by atoms with Gasteiger partial charge in [-0.2, -0.15) is 5.10 Å². The van der Waals surface area contributed by atoms with Crippen molar-refractivity contribution in [1.29, 1.82) is 0 Å². The zero-order valence-corrected chi connectivity index (χ0v) is 13.5. The summed E-state index contributed by atoms with van der Waals surface area (Å²) < 4.78 is 2.82. The Morgan fingerprint density at radius 2 is 2.00 bits per heavy atom. The SMILES string of the molecule is CCNC(c1cnc2ccccc2n1)c1c(Br)cnn1C. The number of rotatable bonds is 4. The minimum atomic E-state index is -0.0472. The maximum absolute atomic E-state index is 4.75. The minimum Gasteiger partial charge on any atom is -0.304 e. The Morgan fingerprint density at radius 1 is 1.24 bits per heavy atom. The average Bonchev–Trinajstić information content (AvgIpc) is 2.84. The third kappa shape index (κ3) is 2.69. The Bertz CT molecular complexity index is 748. The second-order valence-electron chi connectivity index (χ2n) is 4.78. The van der Waals surface area contributed by atoms with Gasteiger partial charge >= 0.3 is 0 Å². The van der Waals surface area contributed by atoms with E-state index in [9.17, 15) is 0 Å². The molecule has 0 saturated carbocycles. The molecule has 6 heteroatoms. The van der Waals surface area contributed by atoms with Crippen molar-refractivity contribution < 1.29 is 0 Å². The standard InChI is InChI=1S/C15H16BrN5/c1-3-17-14(15-10(16)8-19-21(15)2)13-9-18-11-6-4-5-7-12(11)20-13/h4-9,14,17H,3H2,1-2H3. The summed E-state index contributed by atoms with van der Waals surface area (Å²) in [6, 6.07) is 7.84. The van der Waals surface area contributed by atoms with Gasteiger partial charge in [0.05, 0.1) is 45.3 Å². The molecule has 0 amide bonds. The fraction of sp³-hybridized carbons (Fsp3) is 0.267. The van der Waals surface area contributed by atoms with Gasteiger partial charge in [0, 0.05) is 7.05 Å². The first kappa shape index (κ1) is 14.2. The van der Waals surface area contributed by atoms with E-state index in [0.717, 1.165) is 33.4 Å². The molecule has 0 spiro atoms. The molecule has 0 bridgehead atoms. The fourth-order valence-corrected chi connectivity index (χ4v) is 2.98. The van der Waals surface area contributed by atoms with E-state index in [4.69, 9.17) is 4.98 Å². The number of hydrogen-bond donors (Lipinski definition) is 1. The summed E-state index contributed by atoms with van der Waals surface area (Å²) in [7, 11) is 1.93. The lowest BCUT2D eigenvalue weighted by Gasteiger charge is -2.18. The van der Waals surface area contributed by atoms with E-state index in [1.54, 1.807) is 6.20 Å². The summed E-state index contributed by atoms with van der Waals surface area (Å²) in [6.45, 7) is 2.91. The van der Waals surface area contributed by atoms with Crippen molar-refractivity contribution in [2.45, 2.75) is 13.0 Å². The number of benzene rings is 1. The first-order chi connectivity index (χ1) is 10.2. The monoisotopic (exact) mass is 345 g/mol. The van der Waals surface area contributed by atoms with Gasteiger partial charge in [0.15, 0.2) is 0 Å². The van der Waals surface area contributed by atoms with Gasteiger partial charge in [-0.1, -0.05) is 19.1 Å². The summed E-state index contributed by atoms with van der Waals surface area (Å²) in [4.78, 5) is 9.25. The number of halogens is 1. The van der Waals surface area contributed by atoms with Crippen LogP contribution in [-0.2, 0) is 7.05 Å². The molecule has 108 valence electrons. The Labute approximate surface area is 131 Å². The van der Waals surface area contributed by atoms with Crippen molar-refractivity contribution in [3.8, 4) is 0 Å². The average molecular weight is 346 g/mol. The molecule has 0 aliphatic heterocycles. The van der Waals surface area contributed by atoms with Gasteiger partial charge in [0.25, 0.3) is 0 Å². The van der Waals surface area contributed by atoms with Gasteiger partial charge in [-0.25, -0.2) is 4.98 Å². The van der Waals surface area contributed by atoms with Crippen LogP contribution >= 0.6 is 15.9 Å². The van der Waals surface area contributed by atoms with Crippen LogP contribution in [-0.4, -0.2) is 26.3 Å². The van der Waals surface area contributed by atoms with Crippen LogP contribution in [0, 0.1) is 0 Å². The van der Waals surface area contributed by atoms with Gasteiger partial charge in [-0.3, -0.25) is 9.67 Å². The molecule has 3 aromatic rings. The van der Waals surface area contributed by atoms with Crippen LogP contribution in [0.15, 0.2) is 41.1 Å². The largest absolute Gasteiger partial charge is 0.304 e. The highest BCUT2D eigenvalue weighted by atomic mass is 79.9. The lowest BCUT2D eigenvalue weighted by molar-refractivity contribution is 0.560. The van der Waals surface area contributed by atoms with Crippen molar-refractivity contribution in [2.75, 3.05) is 6.54 Å². The fourth-order valence-electron chi connectivity index (χ4n) is 2.40. The molecular formula is C15H16BrN5. The summed E-state index contributed by atoms with van der Waals surface area (Å²) in [5, 5.41) is 7.74. The molecular weight excluding hydrogens is 330 g/mol. The molecule has 2 aromatic heterocycles. The predicted octanol–water partition coefficient (Wildman–Crippen LogP) is 2.82. The zero-order chi connectivity index (χ0) is 14.8. The first-order valence-electron chi connectivity index (χ1n) is 6.83. The van der Waals surface area contributed by atoms with Crippen molar-refractivity contribution in [2.24, 2.45) is 7.05 Å². The number of fused-ring (bicyclic) bond motifs is 1. The van der Waals surface area contributed by atoms with Crippen LogP contribution in [0.4, 0.5) is 0 Å². The van der Waals surface area contributed by atoms with Gasteiger partial charge < -0.3 is 5.32 Å². The third-order valence-corrected chi connectivity index (χ3v) is 3.99. The van der Waals surface area contributed by atoms with E-state index in [2.05, 4.69) is 38.3 Å². The third-order valence-electron chi connectivity index (χ3n) is 3.38.